The van der Waals surface area contributed by atoms with Gasteiger partial charge in [0.2, 0.25) is 11.8 Å². The van der Waals surface area contributed by atoms with Crippen LogP contribution in [0.25, 0.3) is 10.8 Å². The Morgan fingerprint density at radius 1 is 0.974 bits per heavy atom. The number of nitrogens with one attached hydrogen (secondary N) is 1. The van der Waals surface area contributed by atoms with Crippen molar-refractivity contribution in [3.05, 3.63) is 78.2 Å². The Bertz CT molecular complexity index is 1500. The molecule has 1 amide bonds. The predicted molar refractivity (Wildman–Crippen MR) is 152 cm³/mol. The summed E-state index contributed by atoms with van der Waals surface area (Å²) in [7, 11) is 0. The summed E-state index contributed by atoms with van der Waals surface area (Å²) >= 11 is 0. The Kier molecular flexibility index (Phi) is 7.00. The number of nitrogens with zero attached hydrogens (tertiary/aromatic N) is 4. The van der Waals surface area contributed by atoms with Crippen LogP contribution in [0.4, 0.5) is 21.7 Å². The lowest BCUT2D eigenvalue weighted by molar-refractivity contribution is 0.102. The smallest absolute Gasteiger partial charge is 0.255 e. The van der Waals surface area contributed by atoms with E-state index in [9.17, 15) is 9.18 Å². The lowest BCUT2D eigenvalue weighted by Crippen LogP contribution is -2.29. The number of amides is 1. The Labute approximate surface area is 227 Å². The van der Waals surface area contributed by atoms with E-state index in [-0.39, 0.29) is 5.91 Å². The third-order valence-corrected chi connectivity index (χ3v) is 7.54. The second-order valence-electron chi connectivity index (χ2n) is 10.5. The minimum Gasteiger partial charge on any atom is -0.438 e. The summed E-state index contributed by atoms with van der Waals surface area (Å²) in [4.78, 5) is 26.7. The Balaban J connectivity index is 1.25. The standard InChI is InChI=1S/C31H32FN5O2/c1-21-12-16-37(20-21)31-33-13-11-29(35-31)39-28-10-9-27(25-7-3-4-8-26(25)28)34-30(38)22-17-23(32)19-24(18-22)36-14-5-2-6-15-36/h3-4,7-11,13,17-19,21H,2,5-6,12,14-16,20H2,1H3,(H,34,38)/t21-/m1/s1. The van der Waals surface area contributed by atoms with Gasteiger partial charge in [-0.1, -0.05) is 31.2 Å². The van der Waals surface area contributed by atoms with Gasteiger partial charge in [0.1, 0.15) is 11.6 Å². The van der Waals surface area contributed by atoms with Crippen LogP contribution in [0.15, 0.2) is 66.9 Å². The van der Waals surface area contributed by atoms with Crippen molar-refractivity contribution in [2.45, 2.75) is 32.6 Å². The highest BCUT2D eigenvalue weighted by molar-refractivity contribution is 6.10. The highest BCUT2D eigenvalue weighted by atomic mass is 19.1. The van der Waals surface area contributed by atoms with E-state index in [2.05, 4.69) is 32.0 Å². The highest BCUT2D eigenvalue weighted by Crippen LogP contribution is 2.35. The third-order valence-electron chi connectivity index (χ3n) is 7.54. The summed E-state index contributed by atoms with van der Waals surface area (Å²) in [6, 6.07) is 17.7. The number of anilines is 3. The van der Waals surface area contributed by atoms with Crippen molar-refractivity contribution in [3.63, 3.8) is 0 Å². The van der Waals surface area contributed by atoms with E-state index < -0.39 is 5.82 Å². The number of benzene rings is 3. The molecule has 2 aliphatic heterocycles. The molecular formula is C31H32FN5O2. The maximum Gasteiger partial charge on any atom is 0.255 e. The monoisotopic (exact) mass is 525 g/mol. The molecule has 4 aromatic rings. The number of hydrogen-bond acceptors (Lipinski definition) is 6. The molecule has 0 saturated carbocycles. The molecule has 39 heavy (non-hydrogen) atoms. The molecule has 2 saturated heterocycles. The lowest BCUT2D eigenvalue weighted by atomic mass is 10.1. The molecule has 3 aromatic carbocycles. The summed E-state index contributed by atoms with van der Waals surface area (Å²) in [6.07, 6.45) is 6.18. The molecule has 2 fully saturated rings. The summed E-state index contributed by atoms with van der Waals surface area (Å²) < 4.78 is 20.7. The first-order valence-electron chi connectivity index (χ1n) is 13.7. The van der Waals surface area contributed by atoms with Crippen molar-refractivity contribution < 1.29 is 13.9 Å². The first-order chi connectivity index (χ1) is 19.0. The van der Waals surface area contributed by atoms with Gasteiger partial charge in [0.05, 0.1) is 0 Å². The SMILES string of the molecule is C[C@@H]1CCN(c2nccc(Oc3ccc(NC(=O)c4cc(F)cc(N5CCCCC5)c4)c4ccccc34)n2)C1. The fourth-order valence-electron chi connectivity index (χ4n) is 5.47. The van der Waals surface area contributed by atoms with E-state index in [1.165, 1.54) is 18.6 Å². The topological polar surface area (TPSA) is 70.6 Å². The van der Waals surface area contributed by atoms with Crippen LogP contribution >= 0.6 is 0 Å². The van der Waals surface area contributed by atoms with E-state index in [1.807, 2.05) is 36.4 Å². The fraction of sp³-hybridized carbons (Fsp3) is 0.323. The van der Waals surface area contributed by atoms with Gasteiger partial charge in [0.25, 0.3) is 5.91 Å². The maximum absolute atomic E-state index is 14.5. The van der Waals surface area contributed by atoms with Crippen LogP contribution in [0.3, 0.4) is 0 Å². The molecule has 1 N–H and O–H groups in total. The van der Waals surface area contributed by atoms with Crippen LogP contribution < -0.4 is 19.9 Å². The molecule has 8 heteroatoms. The van der Waals surface area contributed by atoms with Gasteiger partial charge >= 0.3 is 0 Å². The highest BCUT2D eigenvalue weighted by Gasteiger charge is 2.22. The normalized spacial score (nSPS) is 17.4. The molecule has 1 atom stereocenters. The molecule has 0 aliphatic carbocycles. The van der Waals surface area contributed by atoms with E-state index in [0.717, 1.165) is 61.9 Å². The third kappa shape index (κ3) is 5.50. The molecule has 3 heterocycles. The van der Waals surface area contributed by atoms with Crippen LogP contribution in [-0.4, -0.2) is 42.1 Å². The number of halogens is 1. The van der Waals surface area contributed by atoms with Crippen molar-refractivity contribution in [2.75, 3.05) is 41.3 Å². The van der Waals surface area contributed by atoms with E-state index in [1.54, 1.807) is 18.3 Å². The zero-order valence-corrected chi connectivity index (χ0v) is 22.1. The molecule has 200 valence electrons. The van der Waals surface area contributed by atoms with E-state index >= 15 is 0 Å². The molecule has 2 aliphatic rings. The van der Waals surface area contributed by atoms with Crippen LogP contribution in [0.2, 0.25) is 0 Å². The van der Waals surface area contributed by atoms with Crippen LogP contribution in [0, 0.1) is 11.7 Å². The van der Waals surface area contributed by atoms with Crippen LogP contribution in [0.1, 0.15) is 43.0 Å². The second kappa shape index (κ2) is 10.9. The minimum absolute atomic E-state index is 0.296. The number of aromatic nitrogens is 2. The fourth-order valence-corrected chi connectivity index (χ4v) is 5.47. The molecule has 6 rings (SSSR count). The second-order valence-corrected chi connectivity index (χ2v) is 10.5. The molecule has 1 aromatic heterocycles. The number of fused-ring (bicyclic) bond motifs is 1. The zero-order chi connectivity index (χ0) is 26.8. The van der Waals surface area contributed by atoms with Gasteiger partial charge in [-0.25, -0.2) is 9.37 Å². The quantitative estimate of drug-likeness (QED) is 0.304. The number of ether oxygens (including phenoxy) is 1. The van der Waals surface area contributed by atoms with Crippen LogP contribution in [-0.2, 0) is 0 Å². The molecule has 0 radical (unpaired) electrons. The van der Waals surface area contributed by atoms with Crippen molar-refractivity contribution >= 4 is 34.0 Å². The Morgan fingerprint density at radius 3 is 2.59 bits per heavy atom. The Hall–Kier alpha value is -4.20. The van der Waals surface area contributed by atoms with Gasteiger partial charge in [-0.15, -0.1) is 0 Å². The van der Waals surface area contributed by atoms with E-state index in [4.69, 9.17) is 4.74 Å². The maximum atomic E-state index is 14.5. The average molecular weight is 526 g/mol. The van der Waals surface area contributed by atoms with Gasteiger partial charge in [0, 0.05) is 66.2 Å². The summed E-state index contributed by atoms with van der Waals surface area (Å²) in [5, 5.41) is 4.64. The van der Waals surface area contributed by atoms with E-state index in [0.29, 0.717) is 34.7 Å². The molecular weight excluding hydrogens is 493 g/mol. The van der Waals surface area contributed by atoms with Gasteiger partial charge in [0.15, 0.2) is 0 Å². The zero-order valence-electron chi connectivity index (χ0n) is 22.1. The first kappa shape index (κ1) is 25.1. The van der Waals surface area contributed by atoms with Gasteiger partial charge in [-0.3, -0.25) is 4.79 Å². The largest absolute Gasteiger partial charge is 0.438 e. The first-order valence-corrected chi connectivity index (χ1v) is 13.7. The molecule has 0 bridgehead atoms. The molecule has 7 nitrogen and oxygen atoms in total. The summed E-state index contributed by atoms with van der Waals surface area (Å²) in [5.74, 6) is 1.61. The number of hydrogen-bond donors (Lipinski definition) is 1. The summed E-state index contributed by atoms with van der Waals surface area (Å²) in [5.41, 5.74) is 1.67. The Morgan fingerprint density at radius 2 is 1.79 bits per heavy atom. The predicted octanol–water partition coefficient (Wildman–Crippen LogP) is 6.65. The van der Waals surface area contributed by atoms with Crippen molar-refractivity contribution in [3.8, 4) is 11.6 Å². The van der Waals surface area contributed by atoms with Gasteiger partial charge in [-0.05, 0) is 61.9 Å². The van der Waals surface area contributed by atoms with Crippen molar-refractivity contribution in [2.24, 2.45) is 5.92 Å². The van der Waals surface area contributed by atoms with Gasteiger partial charge in [-0.2, -0.15) is 4.98 Å². The number of carbonyl (C=O) groups excluding carboxylic acids is 1. The molecule has 0 unspecified atom stereocenters. The number of piperidine rings is 1. The lowest BCUT2D eigenvalue weighted by Gasteiger charge is -2.29. The summed E-state index contributed by atoms with van der Waals surface area (Å²) in [6.45, 7) is 5.86. The average Bonchev–Trinajstić information content (AvgIpc) is 3.41. The minimum atomic E-state index is -0.413. The van der Waals surface area contributed by atoms with Gasteiger partial charge < -0.3 is 19.9 Å². The number of rotatable bonds is 6. The van der Waals surface area contributed by atoms with Crippen LogP contribution in [0.5, 0.6) is 11.6 Å². The molecule has 0 spiro atoms. The van der Waals surface area contributed by atoms with Crippen molar-refractivity contribution in [1.82, 2.24) is 9.97 Å². The number of carbonyl (C=O) groups is 1. The van der Waals surface area contributed by atoms with Crippen molar-refractivity contribution in [1.29, 1.82) is 0 Å².